The van der Waals surface area contributed by atoms with E-state index in [1.54, 1.807) is 24.3 Å². The number of rotatable bonds is 3. The van der Waals surface area contributed by atoms with Crippen molar-refractivity contribution in [3.63, 3.8) is 0 Å². The summed E-state index contributed by atoms with van der Waals surface area (Å²) >= 11 is 0. The number of nitrogens with zero attached hydrogens (tertiary/aromatic N) is 2. The number of fused-ring (bicyclic) bond motifs is 1. The van der Waals surface area contributed by atoms with E-state index in [1.165, 1.54) is 6.07 Å². The van der Waals surface area contributed by atoms with E-state index in [-0.39, 0.29) is 17.7 Å². The molecule has 3 aromatic rings. The van der Waals surface area contributed by atoms with Crippen molar-refractivity contribution in [2.24, 2.45) is 0 Å². The van der Waals surface area contributed by atoms with Crippen LogP contribution in [0, 0.1) is 0 Å². The molecule has 0 bridgehead atoms. The van der Waals surface area contributed by atoms with Crippen molar-refractivity contribution >= 4 is 22.9 Å². The number of amides is 1. The van der Waals surface area contributed by atoms with Crippen molar-refractivity contribution < 1.29 is 18.4 Å². The molecule has 0 spiro atoms. The minimum atomic E-state index is -0.731. The van der Waals surface area contributed by atoms with Crippen LogP contribution < -0.4 is 10.9 Å². The van der Waals surface area contributed by atoms with E-state index in [9.17, 15) is 9.59 Å². The minimum Gasteiger partial charge on any atom is -0.422 e. The van der Waals surface area contributed by atoms with Crippen molar-refractivity contribution in [2.75, 3.05) is 11.9 Å². The summed E-state index contributed by atoms with van der Waals surface area (Å²) in [5.41, 5.74) is -0.451. The Bertz CT molecular complexity index is 956. The maximum atomic E-state index is 12.3. The third-order valence-electron chi connectivity index (χ3n) is 3.75. The normalized spacial score (nSPS) is 17.2. The van der Waals surface area contributed by atoms with Crippen LogP contribution in [0.5, 0.6) is 0 Å². The first kappa shape index (κ1) is 14.6. The molecule has 24 heavy (non-hydrogen) atoms. The van der Waals surface area contributed by atoms with E-state index in [4.69, 9.17) is 13.6 Å². The Labute approximate surface area is 135 Å². The summed E-state index contributed by atoms with van der Waals surface area (Å²) in [4.78, 5) is 24.2. The molecule has 3 heterocycles. The molecule has 4 rings (SSSR count). The smallest absolute Gasteiger partial charge is 0.349 e. The zero-order valence-corrected chi connectivity index (χ0v) is 12.5. The Morgan fingerprint density at radius 1 is 1.21 bits per heavy atom. The standard InChI is InChI=1S/C16H13N3O5/c20-13(10-8-9-4-1-2-5-11(9)23-15(10)21)17-16-19-18-14(24-16)12-6-3-7-22-12/h1-2,4-5,8,12H,3,6-7H2,(H,17,19,20). The van der Waals surface area contributed by atoms with Gasteiger partial charge in [-0.3, -0.25) is 10.1 Å². The van der Waals surface area contributed by atoms with E-state index < -0.39 is 11.5 Å². The lowest BCUT2D eigenvalue weighted by Crippen LogP contribution is -2.20. The van der Waals surface area contributed by atoms with E-state index in [0.29, 0.717) is 23.5 Å². The second kappa shape index (κ2) is 5.89. The summed E-state index contributed by atoms with van der Waals surface area (Å²) in [6.45, 7) is 0.646. The molecule has 1 amide bonds. The van der Waals surface area contributed by atoms with Crippen LogP contribution >= 0.6 is 0 Å². The van der Waals surface area contributed by atoms with Crippen molar-refractivity contribution in [2.45, 2.75) is 18.9 Å². The first-order valence-electron chi connectivity index (χ1n) is 7.50. The van der Waals surface area contributed by atoms with E-state index in [1.807, 2.05) is 0 Å². The molecule has 1 aromatic carbocycles. The largest absolute Gasteiger partial charge is 0.422 e. The first-order valence-corrected chi connectivity index (χ1v) is 7.50. The maximum Gasteiger partial charge on any atom is 0.349 e. The molecular formula is C16H13N3O5. The van der Waals surface area contributed by atoms with Gasteiger partial charge in [0.1, 0.15) is 17.3 Å². The molecule has 122 valence electrons. The Kier molecular flexibility index (Phi) is 3.58. The molecule has 0 saturated carbocycles. The number of hydrogen-bond donors (Lipinski definition) is 1. The van der Waals surface area contributed by atoms with Gasteiger partial charge in [0.25, 0.3) is 5.91 Å². The molecule has 1 saturated heterocycles. The van der Waals surface area contributed by atoms with Crippen molar-refractivity contribution in [3.8, 4) is 0 Å². The fraction of sp³-hybridized carbons (Fsp3) is 0.250. The number of benzene rings is 1. The summed E-state index contributed by atoms with van der Waals surface area (Å²) in [6, 6.07) is 8.32. The van der Waals surface area contributed by atoms with Crippen LogP contribution in [0.25, 0.3) is 11.0 Å². The second-order valence-corrected chi connectivity index (χ2v) is 5.39. The molecule has 1 fully saturated rings. The summed E-state index contributed by atoms with van der Waals surface area (Å²) in [7, 11) is 0. The second-order valence-electron chi connectivity index (χ2n) is 5.39. The monoisotopic (exact) mass is 327 g/mol. The highest BCUT2D eigenvalue weighted by atomic mass is 16.5. The van der Waals surface area contributed by atoms with E-state index in [2.05, 4.69) is 15.5 Å². The molecule has 0 radical (unpaired) electrons. The Morgan fingerprint density at radius 3 is 2.92 bits per heavy atom. The SMILES string of the molecule is O=C(Nc1nnc(C2CCCO2)o1)c1cc2ccccc2oc1=O. The topological polar surface area (TPSA) is 107 Å². The molecule has 1 N–H and O–H groups in total. The molecule has 0 aliphatic carbocycles. The van der Waals surface area contributed by atoms with Crippen LogP contribution in [-0.4, -0.2) is 22.7 Å². The molecule has 8 heteroatoms. The highest BCUT2D eigenvalue weighted by Gasteiger charge is 2.24. The average Bonchev–Trinajstić information content (AvgIpc) is 3.25. The number of aromatic nitrogens is 2. The fourth-order valence-electron chi connectivity index (χ4n) is 2.57. The van der Waals surface area contributed by atoms with E-state index in [0.717, 1.165) is 12.8 Å². The highest BCUT2D eigenvalue weighted by Crippen LogP contribution is 2.28. The van der Waals surface area contributed by atoms with Gasteiger partial charge >= 0.3 is 11.6 Å². The van der Waals surface area contributed by atoms with Gasteiger partial charge in [-0.1, -0.05) is 23.3 Å². The van der Waals surface area contributed by atoms with Gasteiger partial charge in [0, 0.05) is 12.0 Å². The number of carbonyl (C=O) groups is 1. The third-order valence-corrected chi connectivity index (χ3v) is 3.75. The summed E-state index contributed by atoms with van der Waals surface area (Å²) < 4.78 is 15.9. The first-order chi connectivity index (χ1) is 11.7. The molecule has 2 aromatic heterocycles. The van der Waals surface area contributed by atoms with Crippen LogP contribution in [0.15, 0.2) is 44.0 Å². The van der Waals surface area contributed by atoms with Crippen molar-refractivity contribution in [1.29, 1.82) is 0 Å². The molecule has 1 aliphatic heterocycles. The number of anilines is 1. The third kappa shape index (κ3) is 2.67. The lowest BCUT2D eigenvalue weighted by atomic mass is 10.2. The van der Waals surface area contributed by atoms with Crippen LogP contribution in [0.4, 0.5) is 6.01 Å². The van der Waals surface area contributed by atoms with Crippen molar-refractivity contribution in [1.82, 2.24) is 10.2 Å². The van der Waals surface area contributed by atoms with Crippen LogP contribution in [0.3, 0.4) is 0 Å². The maximum absolute atomic E-state index is 12.3. The molecule has 8 nitrogen and oxygen atoms in total. The minimum absolute atomic E-state index is 0.0851. The van der Waals surface area contributed by atoms with Crippen LogP contribution in [0.2, 0.25) is 0 Å². The van der Waals surface area contributed by atoms with Gasteiger partial charge < -0.3 is 13.6 Å². The van der Waals surface area contributed by atoms with E-state index >= 15 is 0 Å². The summed E-state index contributed by atoms with van der Waals surface area (Å²) in [5.74, 6) is -0.356. The predicted molar refractivity (Wildman–Crippen MR) is 82.7 cm³/mol. The lowest BCUT2D eigenvalue weighted by molar-refractivity contribution is 0.0892. The number of ether oxygens (including phenoxy) is 1. The predicted octanol–water partition coefficient (Wildman–Crippen LogP) is 2.28. The van der Waals surface area contributed by atoms with Gasteiger partial charge in [0.05, 0.1) is 0 Å². The van der Waals surface area contributed by atoms with Gasteiger partial charge in [-0.2, -0.15) is 0 Å². The quantitative estimate of drug-likeness (QED) is 0.735. The van der Waals surface area contributed by atoms with Crippen LogP contribution in [0.1, 0.15) is 35.2 Å². The Morgan fingerprint density at radius 2 is 2.08 bits per heavy atom. The highest BCUT2D eigenvalue weighted by molar-refractivity contribution is 6.04. The van der Waals surface area contributed by atoms with Gasteiger partial charge in [-0.05, 0) is 25.0 Å². The number of hydrogen-bond acceptors (Lipinski definition) is 7. The Balaban J connectivity index is 1.58. The van der Waals surface area contributed by atoms with Crippen molar-refractivity contribution in [3.05, 3.63) is 52.2 Å². The van der Waals surface area contributed by atoms with Gasteiger partial charge in [0.2, 0.25) is 5.89 Å². The number of carbonyl (C=O) groups excluding carboxylic acids is 1. The zero-order valence-electron chi connectivity index (χ0n) is 12.5. The molecule has 1 atom stereocenters. The average molecular weight is 327 g/mol. The molecule has 1 unspecified atom stereocenters. The number of nitrogens with one attached hydrogen (secondary N) is 1. The molecular weight excluding hydrogens is 314 g/mol. The van der Waals surface area contributed by atoms with Gasteiger partial charge in [-0.15, -0.1) is 5.10 Å². The van der Waals surface area contributed by atoms with Gasteiger partial charge in [-0.25, -0.2) is 4.79 Å². The van der Waals surface area contributed by atoms with Gasteiger partial charge in [0.15, 0.2) is 0 Å². The molecule has 1 aliphatic rings. The summed E-state index contributed by atoms with van der Waals surface area (Å²) in [5, 5.41) is 10.7. The lowest BCUT2D eigenvalue weighted by Gasteiger charge is -2.03. The Hall–Kier alpha value is -3.00. The van der Waals surface area contributed by atoms with Crippen LogP contribution in [-0.2, 0) is 4.74 Å². The fourth-order valence-corrected chi connectivity index (χ4v) is 2.57. The summed E-state index contributed by atoms with van der Waals surface area (Å²) in [6.07, 6.45) is 1.48. The zero-order chi connectivity index (χ0) is 16.5. The number of para-hydroxylation sites is 1.